The first-order valence-electron chi connectivity index (χ1n) is 7.29. The average Bonchev–Trinajstić information content (AvgIpc) is 2.46. The number of nitrogens with two attached hydrogens (primary N) is 1. The van der Waals surface area contributed by atoms with Crippen molar-refractivity contribution >= 4 is 5.91 Å². The van der Waals surface area contributed by atoms with Gasteiger partial charge in [-0.3, -0.25) is 4.79 Å². The van der Waals surface area contributed by atoms with Crippen LogP contribution in [0.5, 0.6) is 5.75 Å². The molecule has 0 saturated heterocycles. The normalized spacial score (nSPS) is 12.0. The maximum absolute atomic E-state index is 12.3. The van der Waals surface area contributed by atoms with Crippen LogP contribution < -0.4 is 10.5 Å². The standard InChI is InChI=1S/C16H26N2O2/c1-4-6-14(11-17)16(19)18(3)12-13-7-9-15(10-8-13)20-5-2/h7-10,14H,4-6,11-12,17H2,1-3H3. The summed E-state index contributed by atoms with van der Waals surface area (Å²) < 4.78 is 5.40. The Morgan fingerprint density at radius 1 is 1.30 bits per heavy atom. The summed E-state index contributed by atoms with van der Waals surface area (Å²) in [7, 11) is 1.83. The predicted octanol–water partition coefficient (Wildman–Crippen LogP) is 2.42. The molecule has 112 valence electrons. The molecule has 0 heterocycles. The van der Waals surface area contributed by atoms with Gasteiger partial charge >= 0.3 is 0 Å². The molecule has 0 aliphatic heterocycles. The highest BCUT2D eigenvalue weighted by atomic mass is 16.5. The van der Waals surface area contributed by atoms with Crippen LogP contribution in [0.4, 0.5) is 0 Å². The molecule has 1 amide bonds. The molecule has 0 aromatic heterocycles. The van der Waals surface area contributed by atoms with Gasteiger partial charge in [0.1, 0.15) is 5.75 Å². The monoisotopic (exact) mass is 278 g/mol. The van der Waals surface area contributed by atoms with Gasteiger partial charge < -0.3 is 15.4 Å². The van der Waals surface area contributed by atoms with E-state index in [0.717, 1.165) is 24.2 Å². The number of ether oxygens (including phenoxy) is 1. The fraction of sp³-hybridized carbons (Fsp3) is 0.562. The van der Waals surface area contributed by atoms with Gasteiger partial charge in [0.15, 0.2) is 0 Å². The van der Waals surface area contributed by atoms with E-state index in [1.54, 1.807) is 4.90 Å². The largest absolute Gasteiger partial charge is 0.494 e. The zero-order valence-corrected chi connectivity index (χ0v) is 12.8. The molecular weight excluding hydrogens is 252 g/mol. The predicted molar refractivity (Wildman–Crippen MR) is 81.5 cm³/mol. The molecule has 1 aromatic carbocycles. The van der Waals surface area contributed by atoms with Crippen molar-refractivity contribution in [3.05, 3.63) is 29.8 Å². The molecule has 0 radical (unpaired) electrons. The molecule has 2 N–H and O–H groups in total. The van der Waals surface area contributed by atoms with Crippen molar-refractivity contribution in [3.63, 3.8) is 0 Å². The number of rotatable bonds is 8. The van der Waals surface area contributed by atoms with Crippen molar-refractivity contribution in [1.82, 2.24) is 4.90 Å². The highest BCUT2D eigenvalue weighted by Crippen LogP contribution is 2.15. The smallest absolute Gasteiger partial charge is 0.226 e. The molecular formula is C16H26N2O2. The van der Waals surface area contributed by atoms with E-state index in [1.165, 1.54) is 0 Å². The van der Waals surface area contributed by atoms with Gasteiger partial charge in [0.05, 0.1) is 12.5 Å². The highest BCUT2D eigenvalue weighted by molar-refractivity contribution is 5.78. The number of hydrogen-bond donors (Lipinski definition) is 1. The first-order valence-corrected chi connectivity index (χ1v) is 7.29. The third-order valence-electron chi connectivity index (χ3n) is 3.30. The number of benzene rings is 1. The second-order valence-corrected chi connectivity index (χ2v) is 4.99. The zero-order valence-electron chi connectivity index (χ0n) is 12.8. The third kappa shape index (κ3) is 4.85. The van der Waals surface area contributed by atoms with Gasteiger partial charge in [-0.15, -0.1) is 0 Å². The van der Waals surface area contributed by atoms with Crippen LogP contribution in [0.1, 0.15) is 32.3 Å². The van der Waals surface area contributed by atoms with Crippen LogP contribution in [0, 0.1) is 5.92 Å². The molecule has 0 bridgehead atoms. The summed E-state index contributed by atoms with van der Waals surface area (Å²) in [5, 5.41) is 0. The van der Waals surface area contributed by atoms with E-state index in [-0.39, 0.29) is 11.8 Å². The Kier molecular flexibility index (Phi) is 7.09. The molecule has 1 aromatic rings. The van der Waals surface area contributed by atoms with Crippen LogP contribution in [-0.4, -0.2) is 31.0 Å². The first kappa shape index (κ1) is 16.5. The number of amides is 1. The Bertz CT molecular complexity index is 403. The molecule has 0 spiro atoms. The minimum Gasteiger partial charge on any atom is -0.494 e. The minimum absolute atomic E-state index is 0.0623. The molecule has 4 heteroatoms. The molecule has 0 aliphatic carbocycles. The van der Waals surface area contributed by atoms with Crippen molar-refractivity contribution in [2.75, 3.05) is 20.2 Å². The van der Waals surface area contributed by atoms with Gasteiger partial charge in [0, 0.05) is 20.1 Å². The Labute approximate surface area is 121 Å². The second kappa shape index (κ2) is 8.59. The first-order chi connectivity index (χ1) is 9.62. The van der Waals surface area contributed by atoms with E-state index in [1.807, 2.05) is 38.2 Å². The molecule has 1 unspecified atom stereocenters. The second-order valence-electron chi connectivity index (χ2n) is 4.99. The van der Waals surface area contributed by atoms with Gasteiger partial charge in [-0.05, 0) is 31.0 Å². The van der Waals surface area contributed by atoms with Crippen LogP contribution in [0.25, 0.3) is 0 Å². The lowest BCUT2D eigenvalue weighted by Gasteiger charge is -2.23. The van der Waals surface area contributed by atoms with Crippen molar-refractivity contribution in [2.45, 2.75) is 33.2 Å². The molecule has 0 aliphatic rings. The third-order valence-corrected chi connectivity index (χ3v) is 3.30. The molecule has 4 nitrogen and oxygen atoms in total. The Morgan fingerprint density at radius 3 is 2.45 bits per heavy atom. The summed E-state index contributed by atoms with van der Waals surface area (Å²) in [5.74, 6) is 0.923. The van der Waals surface area contributed by atoms with Gasteiger partial charge in [-0.1, -0.05) is 25.5 Å². The van der Waals surface area contributed by atoms with Crippen molar-refractivity contribution in [2.24, 2.45) is 11.7 Å². The summed E-state index contributed by atoms with van der Waals surface area (Å²) in [5.41, 5.74) is 6.77. The average molecular weight is 278 g/mol. The summed E-state index contributed by atoms with van der Waals surface area (Å²) in [6.45, 7) is 5.71. The number of carbonyl (C=O) groups is 1. The van der Waals surface area contributed by atoms with Crippen molar-refractivity contribution in [1.29, 1.82) is 0 Å². The highest BCUT2D eigenvalue weighted by Gasteiger charge is 2.19. The van der Waals surface area contributed by atoms with Crippen LogP contribution in [0.3, 0.4) is 0 Å². The van der Waals surface area contributed by atoms with E-state index in [9.17, 15) is 4.79 Å². The van der Waals surface area contributed by atoms with E-state index in [4.69, 9.17) is 10.5 Å². The van der Waals surface area contributed by atoms with E-state index < -0.39 is 0 Å². The summed E-state index contributed by atoms with van der Waals surface area (Å²) >= 11 is 0. The molecule has 20 heavy (non-hydrogen) atoms. The lowest BCUT2D eigenvalue weighted by atomic mass is 10.0. The molecule has 0 fully saturated rings. The maximum atomic E-state index is 12.3. The van der Waals surface area contributed by atoms with Crippen molar-refractivity contribution in [3.8, 4) is 5.75 Å². The molecule has 1 rings (SSSR count). The maximum Gasteiger partial charge on any atom is 0.226 e. The van der Waals surface area contributed by atoms with Crippen LogP contribution in [0.15, 0.2) is 24.3 Å². The number of nitrogens with zero attached hydrogens (tertiary/aromatic N) is 1. The SMILES string of the molecule is CCCC(CN)C(=O)N(C)Cc1ccc(OCC)cc1. The zero-order chi connectivity index (χ0) is 15.0. The van der Waals surface area contributed by atoms with E-state index in [2.05, 4.69) is 6.92 Å². The quantitative estimate of drug-likeness (QED) is 0.794. The fourth-order valence-electron chi connectivity index (χ4n) is 2.21. The summed E-state index contributed by atoms with van der Waals surface area (Å²) in [6.07, 6.45) is 1.83. The Hall–Kier alpha value is -1.55. The summed E-state index contributed by atoms with van der Waals surface area (Å²) in [4.78, 5) is 14.0. The van der Waals surface area contributed by atoms with E-state index in [0.29, 0.717) is 19.7 Å². The van der Waals surface area contributed by atoms with Gasteiger partial charge in [-0.2, -0.15) is 0 Å². The number of hydrogen-bond acceptors (Lipinski definition) is 3. The lowest BCUT2D eigenvalue weighted by molar-refractivity contribution is -0.134. The fourth-order valence-corrected chi connectivity index (χ4v) is 2.21. The molecule has 1 atom stereocenters. The topological polar surface area (TPSA) is 55.6 Å². The summed E-state index contributed by atoms with van der Waals surface area (Å²) in [6, 6.07) is 7.85. The van der Waals surface area contributed by atoms with Gasteiger partial charge in [0.2, 0.25) is 5.91 Å². The van der Waals surface area contributed by atoms with Crippen LogP contribution >= 0.6 is 0 Å². The van der Waals surface area contributed by atoms with Gasteiger partial charge in [0.25, 0.3) is 0 Å². The van der Waals surface area contributed by atoms with Crippen molar-refractivity contribution < 1.29 is 9.53 Å². The number of carbonyl (C=O) groups excluding carboxylic acids is 1. The Balaban J connectivity index is 2.60. The van der Waals surface area contributed by atoms with Crippen LogP contribution in [0.2, 0.25) is 0 Å². The van der Waals surface area contributed by atoms with E-state index >= 15 is 0 Å². The van der Waals surface area contributed by atoms with Gasteiger partial charge in [-0.25, -0.2) is 0 Å². The minimum atomic E-state index is -0.0623. The lowest BCUT2D eigenvalue weighted by Crippen LogP contribution is -2.36. The molecule has 0 saturated carbocycles. The van der Waals surface area contributed by atoms with Crippen LogP contribution in [-0.2, 0) is 11.3 Å². The Morgan fingerprint density at radius 2 is 1.95 bits per heavy atom.